The minimum absolute atomic E-state index is 0.240. The van der Waals surface area contributed by atoms with Gasteiger partial charge in [0.25, 0.3) is 0 Å². The Balaban J connectivity index is 3.12. The van der Waals surface area contributed by atoms with Gasteiger partial charge in [-0.1, -0.05) is 45.0 Å². The zero-order valence-corrected chi connectivity index (χ0v) is 8.50. The minimum Gasteiger partial charge on any atom is -0.294 e. The number of carbonyl (C=O) groups excluding carboxylic acids is 1. The van der Waals surface area contributed by atoms with Crippen molar-refractivity contribution < 1.29 is 4.79 Å². The monoisotopic (exact) mass is 176 g/mol. The van der Waals surface area contributed by atoms with Gasteiger partial charge < -0.3 is 0 Å². The average molecular weight is 176 g/mol. The topological polar surface area (TPSA) is 17.1 Å². The van der Waals surface area contributed by atoms with Crippen molar-refractivity contribution in [3.63, 3.8) is 0 Å². The second-order valence-corrected chi connectivity index (χ2v) is 3.52. The molecule has 0 aliphatic carbocycles. The van der Waals surface area contributed by atoms with Crippen LogP contribution < -0.4 is 0 Å². The predicted molar refractivity (Wildman–Crippen MR) is 55.2 cm³/mol. The van der Waals surface area contributed by atoms with Crippen LogP contribution >= 0.6 is 0 Å². The largest absolute Gasteiger partial charge is 0.294 e. The van der Waals surface area contributed by atoms with E-state index >= 15 is 0 Å². The van der Waals surface area contributed by atoms with Crippen LogP contribution in [0.25, 0.3) is 0 Å². The van der Waals surface area contributed by atoms with Crippen molar-refractivity contribution in [2.75, 3.05) is 0 Å². The normalized spacial score (nSPS) is 10.5. The predicted octanol–water partition coefficient (Wildman–Crippen LogP) is 3.40. The average Bonchev–Trinajstić information content (AvgIpc) is 2.16. The summed E-state index contributed by atoms with van der Waals surface area (Å²) in [6.07, 6.45) is 0.587. The molecular formula is C12H16O. The van der Waals surface area contributed by atoms with E-state index in [-0.39, 0.29) is 5.78 Å². The van der Waals surface area contributed by atoms with Crippen LogP contribution in [0.5, 0.6) is 0 Å². The molecule has 13 heavy (non-hydrogen) atoms. The van der Waals surface area contributed by atoms with E-state index < -0.39 is 0 Å². The van der Waals surface area contributed by atoms with Crippen LogP contribution in [-0.4, -0.2) is 5.78 Å². The summed E-state index contributed by atoms with van der Waals surface area (Å²) in [6.45, 7) is 6.13. The van der Waals surface area contributed by atoms with Gasteiger partial charge >= 0.3 is 0 Å². The summed E-state index contributed by atoms with van der Waals surface area (Å²) >= 11 is 0. The molecule has 0 aliphatic rings. The summed E-state index contributed by atoms with van der Waals surface area (Å²) in [5.74, 6) is 0.663. The summed E-state index contributed by atoms with van der Waals surface area (Å²) in [7, 11) is 0. The zero-order chi connectivity index (χ0) is 9.84. The SMILES string of the molecule is CCC(=O)c1ccccc1C(C)C. The van der Waals surface area contributed by atoms with Gasteiger partial charge in [-0.3, -0.25) is 4.79 Å². The molecule has 0 spiro atoms. The smallest absolute Gasteiger partial charge is 0.162 e. The minimum atomic E-state index is 0.240. The van der Waals surface area contributed by atoms with Gasteiger partial charge in [0.05, 0.1) is 0 Å². The van der Waals surface area contributed by atoms with E-state index in [1.54, 1.807) is 0 Å². The van der Waals surface area contributed by atoms with E-state index in [0.29, 0.717) is 12.3 Å². The molecule has 1 nitrogen and oxygen atoms in total. The molecule has 1 rings (SSSR count). The maximum Gasteiger partial charge on any atom is 0.162 e. The summed E-state index contributed by atoms with van der Waals surface area (Å²) in [6, 6.07) is 7.87. The quantitative estimate of drug-likeness (QED) is 0.645. The fourth-order valence-electron chi connectivity index (χ4n) is 1.44. The lowest BCUT2D eigenvalue weighted by Gasteiger charge is -2.10. The Morgan fingerprint density at radius 2 is 1.92 bits per heavy atom. The third-order valence-corrected chi connectivity index (χ3v) is 2.20. The number of carbonyl (C=O) groups is 1. The van der Waals surface area contributed by atoms with Gasteiger partial charge in [0.15, 0.2) is 5.78 Å². The number of ketones is 1. The van der Waals surface area contributed by atoms with E-state index in [4.69, 9.17) is 0 Å². The highest BCUT2D eigenvalue weighted by molar-refractivity contribution is 5.97. The number of hydrogen-bond donors (Lipinski definition) is 0. The maximum atomic E-state index is 11.5. The highest BCUT2D eigenvalue weighted by atomic mass is 16.1. The van der Waals surface area contributed by atoms with Crippen LogP contribution in [0.15, 0.2) is 24.3 Å². The van der Waals surface area contributed by atoms with E-state index in [0.717, 1.165) is 11.1 Å². The molecule has 0 heterocycles. The Kier molecular flexibility index (Phi) is 3.24. The standard InChI is InChI=1S/C12H16O/c1-4-12(13)11-8-6-5-7-10(11)9(2)3/h5-9H,4H2,1-3H3. The van der Waals surface area contributed by atoms with Gasteiger partial charge in [-0.2, -0.15) is 0 Å². The van der Waals surface area contributed by atoms with Crippen molar-refractivity contribution >= 4 is 5.78 Å². The first-order valence-electron chi connectivity index (χ1n) is 4.79. The highest BCUT2D eigenvalue weighted by Gasteiger charge is 2.10. The molecule has 1 heteroatoms. The number of rotatable bonds is 3. The second-order valence-electron chi connectivity index (χ2n) is 3.52. The van der Waals surface area contributed by atoms with Crippen molar-refractivity contribution in [1.29, 1.82) is 0 Å². The van der Waals surface area contributed by atoms with Crippen molar-refractivity contribution in [1.82, 2.24) is 0 Å². The fourth-order valence-corrected chi connectivity index (χ4v) is 1.44. The van der Waals surface area contributed by atoms with Crippen molar-refractivity contribution in [3.05, 3.63) is 35.4 Å². The third-order valence-electron chi connectivity index (χ3n) is 2.20. The van der Waals surface area contributed by atoms with Crippen LogP contribution in [0.3, 0.4) is 0 Å². The molecule has 0 atom stereocenters. The Morgan fingerprint density at radius 3 is 2.46 bits per heavy atom. The molecule has 0 fully saturated rings. The Hall–Kier alpha value is -1.11. The van der Waals surface area contributed by atoms with Crippen LogP contribution in [0, 0.1) is 0 Å². The molecule has 70 valence electrons. The van der Waals surface area contributed by atoms with Crippen molar-refractivity contribution in [3.8, 4) is 0 Å². The van der Waals surface area contributed by atoms with Crippen LogP contribution in [0.1, 0.15) is 49.0 Å². The summed E-state index contributed by atoms with van der Waals surface area (Å²) in [4.78, 5) is 11.5. The van der Waals surface area contributed by atoms with E-state index in [1.807, 2.05) is 31.2 Å². The van der Waals surface area contributed by atoms with Gasteiger partial charge in [-0.05, 0) is 11.5 Å². The lowest BCUT2D eigenvalue weighted by molar-refractivity contribution is 0.0987. The number of benzene rings is 1. The Morgan fingerprint density at radius 1 is 1.31 bits per heavy atom. The number of Topliss-reactive ketones (excluding diaryl/α,β-unsaturated/α-hetero) is 1. The lowest BCUT2D eigenvalue weighted by atomic mass is 9.94. The fraction of sp³-hybridized carbons (Fsp3) is 0.417. The first kappa shape index (κ1) is 9.97. The van der Waals surface area contributed by atoms with E-state index in [9.17, 15) is 4.79 Å². The molecule has 0 unspecified atom stereocenters. The molecular weight excluding hydrogens is 160 g/mol. The molecule has 1 aromatic rings. The second kappa shape index (κ2) is 4.22. The van der Waals surface area contributed by atoms with Crippen molar-refractivity contribution in [2.24, 2.45) is 0 Å². The van der Waals surface area contributed by atoms with Gasteiger partial charge in [0.1, 0.15) is 0 Å². The molecule has 0 saturated heterocycles. The van der Waals surface area contributed by atoms with E-state index in [1.165, 1.54) is 0 Å². The Labute approximate surface area is 79.8 Å². The molecule has 0 aromatic heterocycles. The molecule has 0 saturated carbocycles. The van der Waals surface area contributed by atoms with Gasteiger partial charge in [-0.15, -0.1) is 0 Å². The molecule has 0 radical (unpaired) electrons. The lowest BCUT2D eigenvalue weighted by Crippen LogP contribution is -2.03. The van der Waals surface area contributed by atoms with Crippen LogP contribution in [0.2, 0.25) is 0 Å². The van der Waals surface area contributed by atoms with Crippen molar-refractivity contribution in [2.45, 2.75) is 33.1 Å². The molecule has 0 aliphatic heterocycles. The van der Waals surface area contributed by atoms with Crippen LogP contribution in [0.4, 0.5) is 0 Å². The molecule has 0 amide bonds. The van der Waals surface area contributed by atoms with E-state index in [2.05, 4.69) is 13.8 Å². The van der Waals surface area contributed by atoms with Crippen LogP contribution in [-0.2, 0) is 0 Å². The maximum absolute atomic E-state index is 11.5. The summed E-state index contributed by atoms with van der Waals surface area (Å²) < 4.78 is 0. The third kappa shape index (κ3) is 2.18. The summed E-state index contributed by atoms with van der Waals surface area (Å²) in [5.41, 5.74) is 2.05. The molecule has 0 N–H and O–H groups in total. The highest BCUT2D eigenvalue weighted by Crippen LogP contribution is 2.20. The van der Waals surface area contributed by atoms with Gasteiger partial charge in [0.2, 0.25) is 0 Å². The molecule has 1 aromatic carbocycles. The molecule has 0 bridgehead atoms. The first-order valence-corrected chi connectivity index (χ1v) is 4.79. The first-order chi connectivity index (χ1) is 6.16. The number of hydrogen-bond acceptors (Lipinski definition) is 1. The summed E-state index contributed by atoms with van der Waals surface area (Å²) in [5, 5.41) is 0. The zero-order valence-electron chi connectivity index (χ0n) is 8.50. The van der Waals surface area contributed by atoms with Gasteiger partial charge in [0, 0.05) is 12.0 Å². The van der Waals surface area contributed by atoms with Gasteiger partial charge in [-0.25, -0.2) is 0 Å². The Bertz CT molecular complexity index is 300.